The van der Waals surface area contributed by atoms with Crippen molar-refractivity contribution >= 4 is 38.8 Å². The molecule has 1 unspecified atom stereocenters. The molecule has 2 fully saturated rings. The number of hydrazine groups is 2. The largest absolute Gasteiger partial charge is 0.492 e. The third kappa shape index (κ3) is 5.40. The summed E-state index contributed by atoms with van der Waals surface area (Å²) in [4.78, 5) is 20.7. The summed E-state index contributed by atoms with van der Waals surface area (Å²) < 4.78 is 32.3. The first kappa shape index (κ1) is 28.4. The molecule has 4 aliphatic rings. The number of carbonyl (C=O) groups is 1. The molecule has 4 N–H and O–H groups in total. The van der Waals surface area contributed by atoms with E-state index in [1.165, 1.54) is 32.2 Å². The Morgan fingerprint density at radius 2 is 1.90 bits per heavy atom. The van der Waals surface area contributed by atoms with Crippen molar-refractivity contribution in [2.24, 2.45) is 10.9 Å². The fourth-order valence-electron chi connectivity index (χ4n) is 5.84. The van der Waals surface area contributed by atoms with Gasteiger partial charge in [-0.2, -0.15) is 0 Å². The molecular weight excluding hydrogens is 554 g/mol. The Morgan fingerprint density at radius 1 is 1.17 bits per heavy atom. The van der Waals surface area contributed by atoms with Gasteiger partial charge in [0.25, 0.3) is 5.91 Å². The predicted molar refractivity (Wildman–Crippen MR) is 165 cm³/mol. The van der Waals surface area contributed by atoms with E-state index in [2.05, 4.69) is 39.9 Å². The van der Waals surface area contributed by atoms with Crippen molar-refractivity contribution in [3.8, 4) is 5.75 Å². The number of benzene rings is 2. The van der Waals surface area contributed by atoms with E-state index in [4.69, 9.17) is 9.73 Å². The van der Waals surface area contributed by atoms with E-state index in [1.54, 1.807) is 12.1 Å². The second kappa shape index (κ2) is 10.5. The molecule has 2 aromatic rings. The zero-order valence-corrected chi connectivity index (χ0v) is 25.6. The predicted octanol–water partition coefficient (Wildman–Crippen LogP) is 3.86. The van der Waals surface area contributed by atoms with Gasteiger partial charge < -0.3 is 20.4 Å². The Kier molecular flexibility index (Phi) is 7.09. The third-order valence-electron chi connectivity index (χ3n) is 8.94. The standard InChI is InChI=1S/C30H39N7O4S/c1-18-9-10-20(13-25(18)37-17-24(33-35-37)26-16-31-28(36(26)3)19-7-6-8-19)29(38)32-22-14-21(30(2)11-12-30)15-23(27(22)41-4)34-42(5,39)40/h9-10,13-15,17,19,26,33-35H,6-8,11-12,16H2,1-5H3,(H,32,38). The van der Waals surface area contributed by atoms with E-state index < -0.39 is 10.0 Å². The molecule has 0 bridgehead atoms. The number of methoxy groups -OCH3 is 1. The van der Waals surface area contributed by atoms with Crippen LogP contribution in [0.15, 0.2) is 47.2 Å². The summed E-state index contributed by atoms with van der Waals surface area (Å²) in [5, 5.41) is 4.87. The summed E-state index contributed by atoms with van der Waals surface area (Å²) in [5.74, 6) is 1.71. The van der Waals surface area contributed by atoms with Gasteiger partial charge in [0.2, 0.25) is 10.0 Å². The SMILES string of the molecule is COc1c(NC(=O)c2ccc(C)c(N3C=C(C4CN=C(C5CCC5)N4C)NN3)c2)cc(C2(C)CC2)cc1NS(C)(=O)=O. The Labute approximate surface area is 247 Å². The number of carbonyl (C=O) groups excluding carboxylic acids is 1. The van der Waals surface area contributed by atoms with Crippen molar-refractivity contribution in [3.63, 3.8) is 0 Å². The molecule has 2 aromatic carbocycles. The molecule has 2 saturated carbocycles. The first-order valence-corrected chi connectivity index (χ1v) is 16.3. The van der Waals surface area contributed by atoms with E-state index in [0.29, 0.717) is 29.4 Å². The smallest absolute Gasteiger partial charge is 0.255 e. The summed E-state index contributed by atoms with van der Waals surface area (Å²) in [6.45, 7) is 4.84. The molecular formula is C30H39N7O4S. The van der Waals surface area contributed by atoms with Gasteiger partial charge in [0.05, 0.1) is 48.7 Å². The van der Waals surface area contributed by atoms with Crippen molar-refractivity contribution in [1.82, 2.24) is 15.9 Å². The Hall–Kier alpha value is -3.77. The molecule has 2 aliphatic heterocycles. The monoisotopic (exact) mass is 593 g/mol. The Bertz CT molecular complexity index is 1590. The normalized spacial score (nSPS) is 21.3. The highest BCUT2D eigenvalue weighted by molar-refractivity contribution is 7.92. The van der Waals surface area contributed by atoms with Crippen LogP contribution >= 0.6 is 0 Å². The number of ether oxygens (including phenoxy) is 1. The van der Waals surface area contributed by atoms with Crippen molar-refractivity contribution in [2.45, 2.75) is 57.4 Å². The Morgan fingerprint density at radius 3 is 2.55 bits per heavy atom. The van der Waals surface area contributed by atoms with E-state index in [0.717, 1.165) is 41.6 Å². The number of hydrogen-bond donors (Lipinski definition) is 4. The number of hydrogen-bond acceptors (Lipinski definition) is 9. The van der Waals surface area contributed by atoms with Crippen molar-refractivity contribution in [3.05, 3.63) is 58.9 Å². The summed E-state index contributed by atoms with van der Waals surface area (Å²) >= 11 is 0. The average molecular weight is 594 g/mol. The van der Waals surface area contributed by atoms with Crippen LogP contribution in [0.5, 0.6) is 5.75 Å². The number of aliphatic imine (C=N–C) groups is 1. The van der Waals surface area contributed by atoms with Gasteiger partial charge in [-0.05, 0) is 73.4 Å². The van der Waals surface area contributed by atoms with Crippen LogP contribution < -0.4 is 30.7 Å². The first-order valence-electron chi connectivity index (χ1n) is 14.4. The average Bonchev–Trinajstić information content (AvgIpc) is 3.29. The van der Waals surface area contributed by atoms with E-state index in [9.17, 15) is 13.2 Å². The lowest BCUT2D eigenvalue weighted by molar-refractivity contribution is 0.102. The molecule has 1 atom stereocenters. The molecule has 0 aromatic heterocycles. The van der Waals surface area contributed by atoms with Crippen molar-refractivity contribution < 1.29 is 17.9 Å². The van der Waals surface area contributed by atoms with E-state index >= 15 is 0 Å². The second-order valence-electron chi connectivity index (χ2n) is 12.1. The molecule has 224 valence electrons. The highest BCUT2D eigenvalue weighted by atomic mass is 32.2. The quantitative estimate of drug-likeness (QED) is 0.345. The lowest BCUT2D eigenvalue weighted by Crippen LogP contribution is -2.44. The zero-order chi connectivity index (χ0) is 29.8. The van der Waals surface area contributed by atoms with Crippen LogP contribution in [0.1, 0.15) is 60.5 Å². The number of likely N-dealkylation sites (N-methyl/N-ethyl adjacent to an activating group) is 1. The lowest BCUT2D eigenvalue weighted by Gasteiger charge is -2.32. The van der Waals surface area contributed by atoms with Crippen LogP contribution in [0.2, 0.25) is 0 Å². The van der Waals surface area contributed by atoms with Crippen LogP contribution in [0.3, 0.4) is 0 Å². The maximum atomic E-state index is 13.6. The van der Waals surface area contributed by atoms with Crippen molar-refractivity contribution in [2.75, 3.05) is 42.0 Å². The maximum absolute atomic E-state index is 13.6. The van der Waals surface area contributed by atoms with Crippen LogP contribution in [0.4, 0.5) is 17.1 Å². The lowest BCUT2D eigenvalue weighted by atomic mass is 9.84. The number of nitrogens with zero attached hydrogens (tertiary/aromatic N) is 3. The summed E-state index contributed by atoms with van der Waals surface area (Å²) in [5.41, 5.74) is 11.4. The molecule has 1 amide bonds. The summed E-state index contributed by atoms with van der Waals surface area (Å²) in [7, 11) is 0.00236. The molecule has 2 aliphatic carbocycles. The number of amides is 1. The van der Waals surface area contributed by atoms with Crippen molar-refractivity contribution in [1.29, 1.82) is 0 Å². The third-order valence-corrected chi connectivity index (χ3v) is 9.53. The van der Waals surface area contributed by atoms with Gasteiger partial charge in [0.1, 0.15) is 5.84 Å². The molecule has 11 nitrogen and oxygen atoms in total. The van der Waals surface area contributed by atoms with E-state index in [-0.39, 0.29) is 23.1 Å². The number of aryl methyl sites for hydroxylation is 1. The second-order valence-corrected chi connectivity index (χ2v) is 13.9. The van der Waals surface area contributed by atoms with E-state index in [1.807, 2.05) is 36.3 Å². The molecule has 0 radical (unpaired) electrons. The molecule has 6 rings (SSSR count). The minimum absolute atomic E-state index is 0.0632. The number of anilines is 3. The summed E-state index contributed by atoms with van der Waals surface area (Å²) in [6, 6.07) is 9.33. The van der Waals surface area contributed by atoms with Crippen LogP contribution in [-0.2, 0) is 15.4 Å². The van der Waals surface area contributed by atoms with Crippen LogP contribution in [0.25, 0.3) is 0 Å². The van der Waals surface area contributed by atoms with Gasteiger partial charge in [-0.25, -0.2) is 8.42 Å². The number of amidine groups is 1. The van der Waals surface area contributed by atoms with Gasteiger partial charge in [-0.1, -0.05) is 19.4 Å². The number of rotatable bonds is 9. The minimum Gasteiger partial charge on any atom is -0.492 e. The molecule has 0 saturated heterocycles. The van der Waals surface area contributed by atoms with Crippen LogP contribution in [-0.4, -0.2) is 58.1 Å². The van der Waals surface area contributed by atoms with Crippen LogP contribution in [0, 0.1) is 12.8 Å². The van der Waals surface area contributed by atoms with Gasteiger partial charge in [0.15, 0.2) is 5.75 Å². The number of nitrogens with one attached hydrogen (secondary N) is 4. The van der Waals surface area contributed by atoms with Gasteiger partial charge in [-0.15, -0.1) is 5.53 Å². The maximum Gasteiger partial charge on any atom is 0.255 e. The molecule has 12 heteroatoms. The fraction of sp³-hybridized carbons (Fsp3) is 0.467. The minimum atomic E-state index is -3.57. The van der Waals surface area contributed by atoms with Gasteiger partial charge in [0, 0.05) is 24.7 Å². The molecule has 42 heavy (non-hydrogen) atoms. The molecule has 0 spiro atoms. The highest BCUT2D eigenvalue weighted by Gasteiger charge is 2.40. The zero-order valence-electron chi connectivity index (χ0n) is 24.7. The Balaban J connectivity index is 1.24. The first-order chi connectivity index (χ1) is 20.0. The van der Waals surface area contributed by atoms with Gasteiger partial charge >= 0.3 is 0 Å². The topological polar surface area (TPSA) is 127 Å². The summed E-state index contributed by atoms with van der Waals surface area (Å²) in [6.07, 6.45) is 8.80. The fourth-order valence-corrected chi connectivity index (χ4v) is 6.39. The van der Waals surface area contributed by atoms with Gasteiger partial charge in [-0.3, -0.25) is 19.5 Å². The highest BCUT2D eigenvalue weighted by Crippen LogP contribution is 2.51. The number of sulfonamides is 1. The molecule has 2 heterocycles.